The highest BCUT2D eigenvalue weighted by Gasteiger charge is 2.06. The van der Waals surface area contributed by atoms with E-state index in [0.717, 1.165) is 31.6 Å². The van der Waals surface area contributed by atoms with Crippen molar-refractivity contribution >= 4 is 11.7 Å². The minimum absolute atomic E-state index is 0.350. The molecule has 1 fully saturated rings. The van der Waals surface area contributed by atoms with Crippen molar-refractivity contribution in [2.24, 2.45) is 5.16 Å². The van der Waals surface area contributed by atoms with Crippen molar-refractivity contribution < 1.29 is 14.7 Å². The molecule has 1 heterocycles. The van der Waals surface area contributed by atoms with Gasteiger partial charge in [0, 0.05) is 25.9 Å². The zero-order valence-electron chi connectivity index (χ0n) is 6.75. The Kier molecular flexibility index (Phi) is 3.53. The molecule has 0 aliphatic carbocycles. The van der Waals surface area contributed by atoms with E-state index in [1.165, 1.54) is 0 Å². The van der Waals surface area contributed by atoms with E-state index >= 15 is 0 Å². The third-order valence-electron chi connectivity index (χ3n) is 1.56. The molecule has 5 heteroatoms. The fourth-order valence-electron chi connectivity index (χ4n) is 0.985. The van der Waals surface area contributed by atoms with Crippen molar-refractivity contribution in [1.82, 2.24) is 5.32 Å². The zero-order chi connectivity index (χ0) is 8.81. The van der Waals surface area contributed by atoms with Gasteiger partial charge in [0.1, 0.15) is 0 Å². The standard InChI is InChI=1S/C7H12N2O3/c10-7(11)5-12-9-6-1-3-8-4-2-6/h8H,1-5H2,(H,10,11). The monoisotopic (exact) mass is 172 g/mol. The van der Waals surface area contributed by atoms with Gasteiger partial charge in [0.15, 0.2) is 0 Å². The first-order chi connectivity index (χ1) is 5.79. The van der Waals surface area contributed by atoms with Crippen LogP contribution in [0.1, 0.15) is 12.8 Å². The van der Waals surface area contributed by atoms with Crippen LogP contribution in [0, 0.1) is 0 Å². The van der Waals surface area contributed by atoms with E-state index in [4.69, 9.17) is 5.11 Å². The molecular weight excluding hydrogens is 160 g/mol. The van der Waals surface area contributed by atoms with Crippen LogP contribution in [0.3, 0.4) is 0 Å². The molecule has 1 aliphatic heterocycles. The van der Waals surface area contributed by atoms with Crippen molar-refractivity contribution in [1.29, 1.82) is 0 Å². The molecule has 68 valence electrons. The summed E-state index contributed by atoms with van der Waals surface area (Å²) < 4.78 is 0. The normalized spacial score (nSPS) is 17.2. The smallest absolute Gasteiger partial charge is 0.344 e. The SMILES string of the molecule is O=C(O)CON=C1CCNCC1. The van der Waals surface area contributed by atoms with Gasteiger partial charge in [0.25, 0.3) is 0 Å². The number of hydrogen-bond donors (Lipinski definition) is 2. The molecule has 0 bridgehead atoms. The van der Waals surface area contributed by atoms with Crippen LogP contribution in [0.4, 0.5) is 0 Å². The molecule has 0 aromatic rings. The van der Waals surface area contributed by atoms with E-state index in [2.05, 4.69) is 15.3 Å². The lowest BCUT2D eigenvalue weighted by Gasteiger charge is -2.12. The molecule has 0 atom stereocenters. The lowest BCUT2D eigenvalue weighted by atomic mass is 10.1. The summed E-state index contributed by atoms with van der Waals surface area (Å²) in [7, 11) is 0. The Morgan fingerprint density at radius 1 is 1.58 bits per heavy atom. The van der Waals surface area contributed by atoms with E-state index in [1.54, 1.807) is 0 Å². The molecule has 1 rings (SSSR count). The number of oxime groups is 1. The minimum Gasteiger partial charge on any atom is -0.479 e. The van der Waals surface area contributed by atoms with E-state index in [-0.39, 0.29) is 6.61 Å². The predicted molar refractivity (Wildman–Crippen MR) is 43.1 cm³/mol. The molecule has 0 aromatic heterocycles. The van der Waals surface area contributed by atoms with E-state index in [0.29, 0.717) is 0 Å². The van der Waals surface area contributed by atoms with Gasteiger partial charge in [-0.1, -0.05) is 5.16 Å². The van der Waals surface area contributed by atoms with E-state index < -0.39 is 5.97 Å². The molecule has 12 heavy (non-hydrogen) atoms. The molecule has 0 amide bonds. The second kappa shape index (κ2) is 4.71. The van der Waals surface area contributed by atoms with E-state index in [1.807, 2.05) is 0 Å². The van der Waals surface area contributed by atoms with Crippen LogP contribution in [0.25, 0.3) is 0 Å². The van der Waals surface area contributed by atoms with Crippen LogP contribution in [0.5, 0.6) is 0 Å². The summed E-state index contributed by atoms with van der Waals surface area (Å²) in [4.78, 5) is 14.6. The van der Waals surface area contributed by atoms with Gasteiger partial charge < -0.3 is 15.3 Å². The Hall–Kier alpha value is -1.10. The van der Waals surface area contributed by atoms with Crippen LogP contribution in [0.2, 0.25) is 0 Å². The fourth-order valence-corrected chi connectivity index (χ4v) is 0.985. The Morgan fingerprint density at radius 3 is 2.83 bits per heavy atom. The van der Waals surface area contributed by atoms with Crippen LogP contribution in [-0.2, 0) is 9.63 Å². The van der Waals surface area contributed by atoms with Crippen molar-refractivity contribution in [2.45, 2.75) is 12.8 Å². The fraction of sp³-hybridized carbons (Fsp3) is 0.714. The quantitative estimate of drug-likeness (QED) is 0.580. The summed E-state index contributed by atoms with van der Waals surface area (Å²) in [6.07, 6.45) is 1.69. The molecule has 1 aliphatic rings. The molecular formula is C7H12N2O3. The van der Waals surface area contributed by atoms with Crippen molar-refractivity contribution in [2.75, 3.05) is 19.7 Å². The largest absolute Gasteiger partial charge is 0.479 e. The van der Waals surface area contributed by atoms with Crippen LogP contribution in [-0.4, -0.2) is 36.5 Å². The Morgan fingerprint density at radius 2 is 2.25 bits per heavy atom. The minimum atomic E-state index is -0.992. The number of carboxylic acid groups (broad SMARTS) is 1. The van der Waals surface area contributed by atoms with Gasteiger partial charge in [-0.25, -0.2) is 4.79 Å². The second-order valence-corrected chi connectivity index (χ2v) is 2.57. The van der Waals surface area contributed by atoms with Gasteiger partial charge in [0.2, 0.25) is 6.61 Å². The number of carboxylic acids is 1. The number of aliphatic carboxylic acids is 1. The number of nitrogens with one attached hydrogen (secondary N) is 1. The first-order valence-corrected chi connectivity index (χ1v) is 3.89. The van der Waals surface area contributed by atoms with Gasteiger partial charge in [-0.05, 0) is 0 Å². The maximum Gasteiger partial charge on any atom is 0.344 e. The Labute approximate surface area is 70.4 Å². The second-order valence-electron chi connectivity index (χ2n) is 2.57. The average Bonchev–Trinajstić information content (AvgIpc) is 2.05. The number of carbonyl (C=O) groups is 1. The van der Waals surface area contributed by atoms with E-state index in [9.17, 15) is 4.79 Å². The summed E-state index contributed by atoms with van der Waals surface area (Å²) in [5.74, 6) is -0.992. The van der Waals surface area contributed by atoms with Crippen molar-refractivity contribution in [3.63, 3.8) is 0 Å². The van der Waals surface area contributed by atoms with Crippen LogP contribution in [0.15, 0.2) is 5.16 Å². The van der Waals surface area contributed by atoms with Gasteiger partial charge in [-0.2, -0.15) is 0 Å². The summed E-state index contributed by atoms with van der Waals surface area (Å²) >= 11 is 0. The summed E-state index contributed by atoms with van der Waals surface area (Å²) in [5, 5.41) is 15.1. The van der Waals surface area contributed by atoms with Crippen LogP contribution >= 0.6 is 0 Å². The van der Waals surface area contributed by atoms with Crippen LogP contribution < -0.4 is 5.32 Å². The summed E-state index contributed by atoms with van der Waals surface area (Å²) in [6.45, 7) is 1.45. The summed E-state index contributed by atoms with van der Waals surface area (Å²) in [6, 6.07) is 0. The molecule has 2 N–H and O–H groups in total. The number of hydrogen-bond acceptors (Lipinski definition) is 4. The maximum absolute atomic E-state index is 10.0. The molecule has 0 spiro atoms. The first-order valence-electron chi connectivity index (χ1n) is 3.89. The van der Waals surface area contributed by atoms with Crippen molar-refractivity contribution in [3.05, 3.63) is 0 Å². The lowest BCUT2D eigenvalue weighted by Crippen LogP contribution is -2.28. The molecule has 0 unspecified atom stereocenters. The molecule has 0 radical (unpaired) electrons. The van der Waals surface area contributed by atoms with Gasteiger partial charge in [-0.3, -0.25) is 0 Å². The third-order valence-corrected chi connectivity index (χ3v) is 1.56. The summed E-state index contributed by atoms with van der Waals surface area (Å²) in [5.41, 5.74) is 0.940. The predicted octanol–water partition coefficient (Wildman–Crippen LogP) is -0.173. The topological polar surface area (TPSA) is 70.9 Å². The molecule has 1 saturated heterocycles. The zero-order valence-corrected chi connectivity index (χ0v) is 6.75. The Balaban J connectivity index is 2.20. The van der Waals surface area contributed by atoms with Gasteiger partial charge in [0.05, 0.1) is 5.71 Å². The number of nitrogens with zero attached hydrogens (tertiary/aromatic N) is 1. The number of piperidine rings is 1. The Bertz CT molecular complexity index is 183. The maximum atomic E-state index is 10.0. The number of rotatable bonds is 3. The molecule has 5 nitrogen and oxygen atoms in total. The molecule has 0 saturated carbocycles. The van der Waals surface area contributed by atoms with Crippen molar-refractivity contribution in [3.8, 4) is 0 Å². The van der Waals surface area contributed by atoms with Gasteiger partial charge in [-0.15, -0.1) is 0 Å². The first kappa shape index (κ1) is 8.99. The van der Waals surface area contributed by atoms with Gasteiger partial charge >= 0.3 is 5.97 Å². The average molecular weight is 172 g/mol. The third kappa shape index (κ3) is 3.34. The molecule has 0 aromatic carbocycles. The highest BCUT2D eigenvalue weighted by Crippen LogP contribution is 1.98. The highest BCUT2D eigenvalue weighted by molar-refractivity contribution is 5.85. The lowest BCUT2D eigenvalue weighted by molar-refractivity contribution is -0.142. The highest BCUT2D eigenvalue weighted by atomic mass is 16.6.